The number of nitrogens with two attached hydrogens (primary N) is 1. The summed E-state index contributed by atoms with van der Waals surface area (Å²) in [6.45, 7) is 4.86. The van der Waals surface area contributed by atoms with Crippen LogP contribution in [-0.4, -0.2) is 30.5 Å². The third-order valence-electron chi connectivity index (χ3n) is 2.83. The van der Waals surface area contributed by atoms with Crippen LogP contribution in [0.2, 0.25) is 0 Å². The summed E-state index contributed by atoms with van der Waals surface area (Å²) >= 11 is 0. The molecule has 0 saturated heterocycles. The molecule has 0 bridgehead atoms. The van der Waals surface area contributed by atoms with Crippen LogP contribution in [0.15, 0.2) is 18.2 Å². The van der Waals surface area contributed by atoms with Gasteiger partial charge in [-0.3, -0.25) is 14.9 Å². The summed E-state index contributed by atoms with van der Waals surface area (Å²) in [5, 5.41) is 14.4. The van der Waals surface area contributed by atoms with E-state index in [9.17, 15) is 14.9 Å². The molecule has 3 N–H and O–H groups in total. The van der Waals surface area contributed by atoms with E-state index in [1.807, 2.05) is 13.8 Å². The van der Waals surface area contributed by atoms with Gasteiger partial charge in [0, 0.05) is 13.1 Å². The minimum Gasteiger partial charge on any atom is -0.379 e. The first-order valence-corrected chi connectivity index (χ1v) is 6.55. The first-order valence-electron chi connectivity index (χ1n) is 6.55. The Balaban J connectivity index is 3.22. The molecule has 110 valence electrons. The van der Waals surface area contributed by atoms with Gasteiger partial charge >= 0.3 is 5.69 Å². The Morgan fingerprint density at radius 1 is 1.45 bits per heavy atom. The standard InChI is InChI=1S/C13H20N4O3/c1-3-8-15-10-6-5-7-11(13(10)17(19)20)16(4-2)9-12(14)18/h5-7,15H,3-4,8-9H2,1-2H3,(H2,14,18). The first-order chi connectivity index (χ1) is 9.51. The van der Waals surface area contributed by atoms with Crippen LogP contribution in [0.5, 0.6) is 0 Å². The zero-order valence-electron chi connectivity index (χ0n) is 11.8. The van der Waals surface area contributed by atoms with Gasteiger partial charge in [-0.1, -0.05) is 13.0 Å². The second-order valence-electron chi connectivity index (χ2n) is 4.34. The zero-order valence-corrected chi connectivity index (χ0v) is 11.8. The highest BCUT2D eigenvalue weighted by atomic mass is 16.6. The molecule has 0 heterocycles. The van der Waals surface area contributed by atoms with Crippen molar-refractivity contribution in [2.75, 3.05) is 29.9 Å². The summed E-state index contributed by atoms with van der Waals surface area (Å²) in [7, 11) is 0. The first kappa shape index (κ1) is 15.7. The third kappa shape index (κ3) is 3.84. The lowest BCUT2D eigenvalue weighted by Crippen LogP contribution is -2.34. The van der Waals surface area contributed by atoms with Crippen molar-refractivity contribution in [2.24, 2.45) is 5.73 Å². The number of primary amides is 1. The number of nitrogens with one attached hydrogen (secondary N) is 1. The summed E-state index contributed by atoms with van der Waals surface area (Å²) in [6, 6.07) is 5.01. The van der Waals surface area contributed by atoms with Gasteiger partial charge in [0.25, 0.3) is 0 Å². The van der Waals surface area contributed by atoms with Gasteiger partial charge < -0.3 is 16.0 Å². The molecule has 0 aliphatic carbocycles. The van der Waals surface area contributed by atoms with E-state index in [0.717, 1.165) is 6.42 Å². The van der Waals surface area contributed by atoms with Crippen LogP contribution in [0, 0.1) is 10.1 Å². The lowest BCUT2D eigenvalue weighted by atomic mass is 10.2. The highest BCUT2D eigenvalue weighted by Crippen LogP contribution is 2.35. The van der Waals surface area contributed by atoms with Crippen LogP contribution in [-0.2, 0) is 4.79 Å². The van der Waals surface area contributed by atoms with Gasteiger partial charge in [0.15, 0.2) is 0 Å². The maximum atomic E-state index is 11.3. The number of carbonyl (C=O) groups is 1. The van der Waals surface area contributed by atoms with Crippen LogP contribution in [0.3, 0.4) is 0 Å². The van der Waals surface area contributed by atoms with Crippen LogP contribution >= 0.6 is 0 Å². The van der Waals surface area contributed by atoms with E-state index >= 15 is 0 Å². The number of nitrogens with zero attached hydrogens (tertiary/aromatic N) is 2. The van der Waals surface area contributed by atoms with Gasteiger partial charge in [0.2, 0.25) is 5.91 Å². The topological polar surface area (TPSA) is 102 Å². The number of rotatable bonds is 8. The fourth-order valence-electron chi connectivity index (χ4n) is 1.94. The Labute approximate surface area is 117 Å². The highest BCUT2D eigenvalue weighted by molar-refractivity contribution is 5.83. The van der Waals surface area contributed by atoms with Crippen LogP contribution < -0.4 is 16.0 Å². The fourth-order valence-corrected chi connectivity index (χ4v) is 1.94. The summed E-state index contributed by atoms with van der Waals surface area (Å²) < 4.78 is 0. The van der Waals surface area contributed by atoms with Gasteiger partial charge in [-0.2, -0.15) is 0 Å². The highest BCUT2D eigenvalue weighted by Gasteiger charge is 2.23. The Morgan fingerprint density at radius 2 is 2.15 bits per heavy atom. The van der Waals surface area contributed by atoms with E-state index < -0.39 is 10.8 Å². The monoisotopic (exact) mass is 280 g/mol. The van der Waals surface area contributed by atoms with Gasteiger partial charge in [-0.05, 0) is 25.5 Å². The lowest BCUT2D eigenvalue weighted by molar-refractivity contribution is -0.383. The van der Waals surface area contributed by atoms with Crippen LogP contribution in [0.4, 0.5) is 17.1 Å². The molecule has 0 radical (unpaired) electrons. The molecular weight excluding hydrogens is 260 g/mol. The number of nitro benzene ring substituents is 1. The molecule has 0 aliphatic heterocycles. The molecule has 0 unspecified atom stereocenters. The SMILES string of the molecule is CCCNc1cccc(N(CC)CC(N)=O)c1[N+](=O)[O-]. The molecule has 7 nitrogen and oxygen atoms in total. The van der Waals surface area contributed by atoms with Crippen molar-refractivity contribution >= 4 is 23.0 Å². The Hall–Kier alpha value is -2.31. The second-order valence-corrected chi connectivity index (χ2v) is 4.34. The average Bonchev–Trinajstić information content (AvgIpc) is 2.41. The summed E-state index contributed by atoms with van der Waals surface area (Å²) in [5.41, 5.74) is 6.02. The van der Waals surface area contributed by atoms with Crippen molar-refractivity contribution < 1.29 is 9.72 Å². The molecule has 0 saturated carbocycles. The van der Waals surface area contributed by atoms with E-state index in [-0.39, 0.29) is 12.2 Å². The summed E-state index contributed by atoms with van der Waals surface area (Å²) in [5.74, 6) is -0.520. The average molecular weight is 280 g/mol. The molecule has 0 atom stereocenters. The maximum Gasteiger partial charge on any atom is 0.315 e. The van der Waals surface area contributed by atoms with Crippen LogP contribution in [0.25, 0.3) is 0 Å². The van der Waals surface area contributed by atoms with E-state index in [4.69, 9.17) is 5.73 Å². The Morgan fingerprint density at radius 3 is 2.65 bits per heavy atom. The molecule has 1 amide bonds. The molecule has 0 aromatic heterocycles. The minimum atomic E-state index is -0.520. The number of likely N-dealkylation sites (N-methyl/N-ethyl adjacent to an activating group) is 1. The fraction of sp³-hybridized carbons (Fsp3) is 0.462. The molecule has 0 fully saturated rings. The Kier molecular flexibility index (Phi) is 5.76. The van der Waals surface area contributed by atoms with Crippen molar-refractivity contribution in [3.05, 3.63) is 28.3 Å². The maximum absolute atomic E-state index is 11.3. The molecule has 1 rings (SSSR count). The number of benzene rings is 1. The van der Waals surface area contributed by atoms with Gasteiger partial charge in [-0.25, -0.2) is 0 Å². The lowest BCUT2D eigenvalue weighted by Gasteiger charge is -2.22. The van der Waals surface area contributed by atoms with Gasteiger partial charge in [0.05, 0.1) is 11.5 Å². The summed E-state index contributed by atoms with van der Waals surface area (Å²) in [4.78, 5) is 23.6. The van der Waals surface area contributed by atoms with Crippen molar-refractivity contribution in [3.8, 4) is 0 Å². The van der Waals surface area contributed by atoms with E-state index in [2.05, 4.69) is 5.32 Å². The molecule has 1 aromatic rings. The predicted octanol–water partition coefficient (Wildman–Crippen LogP) is 1.73. The second kappa shape index (κ2) is 7.32. The number of carbonyl (C=O) groups excluding carboxylic acids is 1. The number of hydrogen-bond acceptors (Lipinski definition) is 5. The zero-order chi connectivity index (χ0) is 15.1. The number of hydrogen-bond donors (Lipinski definition) is 2. The molecular formula is C13H20N4O3. The minimum absolute atomic E-state index is 0.0240. The van der Waals surface area contributed by atoms with Crippen molar-refractivity contribution in [1.29, 1.82) is 0 Å². The van der Waals surface area contributed by atoms with E-state index in [1.54, 1.807) is 23.1 Å². The van der Waals surface area contributed by atoms with Crippen molar-refractivity contribution in [3.63, 3.8) is 0 Å². The van der Waals surface area contributed by atoms with Gasteiger partial charge in [-0.15, -0.1) is 0 Å². The Bertz CT molecular complexity index is 491. The van der Waals surface area contributed by atoms with Crippen molar-refractivity contribution in [2.45, 2.75) is 20.3 Å². The molecule has 1 aromatic carbocycles. The third-order valence-corrected chi connectivity index (χ3v) is 2.83. The molecule has 7 heteroatoms. The quantitative estimate of drug-likeness (QED) is 0.557. The number of para-hydroxylation sites is 1. The van der Waals surface area contributed by atoms with Crippen LogP contribution in [0.1, 0.15) is 20.3 Å². The number of amides is 1. The molecule has 0 spiro atoms. The van der Waals surface area contributed by atoms with E-state index in [1.165, 1.54) is 0 Å². The molecule has 20 heavy (non-hydrogen) atoms. The largest absolute Gasteiger partial charge is 0.379 e. The normalized spacial score (nSPS) is 10.1. The summed E-state index contributed by atoms with van der Waals surface area (Å²) in [6.07, 6.45) is 0.861. The number of anilines is 2. The van der Waals surface area contributed by atoms with Gasteiger partial charge in [0.1, 0.15) is 11.4 Å². The van der Waals surface area contributed by atoms with E-state index in [0.29, 0.717) is 24.5 Å². The smallest absolute Gasteiger partial charge is 0.315 e. The predicted molar refractivity (Wildman–Crippen MR) is 79.0 cm³/mol. The number of nitro groups is 1. The molecule has 0 aliphatic rings. The van der Waals surface area contributed by atoms with Crippen molar-refractivity contribution in [1.82, 2.24) is 0 Å².